The van der Waals surface area contributed by atoms with E-state index >= 15 is 0 Å². The van der Waals surface area contributed by atoms with Crippen LogP contribution in [-0.4, -0.2) is 6.61 Å². The van der Waals surface area contributed by atoms with Gasteiger partial charge in [0.2, 0.25) is 0 Å². The van der Waals surface area contributed by atoms with Crippen molar-refractivity contribution in [2.75, 3.05) is 0 Å². The van der Waals surface area contributed by atoms with Crippen LogP contribution < -0.4 is 10.5 Å². The number of hydrogen-bond donors (Lipinski definition) is 1. The number of benzene rings is 2. The van der Waals surface area contributed by atoms with Crippen LogP contribution in [0.3, 0.4) is 0 Å². The molecule has 0 saturated heterocycles. The largest absolute Gasteiger partial charge is 0.435 e. The van der Waals surface area contributed by atoms with Gasteiger partial charge in [-0.25, -0.2) is 0 Å². The molecule has 2 aromatic carbocycles. The standard InChI is InChI=1S/C15H14ClF2NO/c16-13-4-2-1-3-11(13)9-14(19)10-5-7-12(8-6-10)20-15(17)18/h1-8,14-15H,9,19H2. The molecule has 2 rings (SSSR count). The van der Waals surface area contributed by atoms with Crippen molar-refractivity contribution in [2.24, 2.45) is 5.73 Å². The van der Waals surface area contributed by atoms with Crippen LogP contribution in [0.25, 0.3) is 0 Å². The van der Waals surface area contributed by atoms with E-state index in [1.807, 2.05) is 24.3 Å². The van der Waals surface area contributed by atoms with Gasteiger partial charge >= 0.3 is 6.61 Å². The lowest BCUT2D eigenvalue weighted by Crippen LogP contribution is -2.13. The fourth-order valence-corrected chi connectivity index (χ4v) is 2.13. The second-order valence-corrected chi connectivity index (χ2v) is 4.76. The maximum atomic E-state index is 12.0. The van der Waals surface area contributed by atoms with Crippen molar-refractivity contribution in [3.63, 3.8) is 0 Å². The number of hydrogen-bond acceptors (Lipinski definition) is 2. The second-order valence-electron chi connectivity index (χ2n) is 4.35. The molecule has 1 unspecified atom stereocenters. The molecule has 0 aliphatic carbocycles. The number of nitrogens with two attached hydrogens (primary N) is 1. The molecule has 0 saturated carbocycles. The summed E-state index contributed by atoms with van der Waals surface area (Å²) in [6, 6.07) is 13.5. The average molecular weight is 298 g/mol. The summed E-state index contributed by atoms with van der Waals surface area (Å²) in [6.45, 7) is -2.82. The van der Waals surface area contributed by atoms with E-state index in [0.29, 0.717) is 11.4 Å². The first kappa shape index (κ1) is 14.8. The Morgan fingerprint density at radius 3 is 2.30 bits per heavy atom. The molecule has 1 atom stereocenters. The maximum absolute atomic E-state index is 12.0. The van der Waals surface area contributed by atoms with E-state index in [1.165, 1.54) is 12.1 Å². The van der Waals surface area contributed by atoms with E-state index in [2.05, 4.69) is 4.74 Å². The Labute approximate surface area is 121 Å². The van der Waals surface area contributed by atoms with E-state index < -0.39 is 6.61 Å². The van der Waals surface area contributed by atoms with Gasteiger partial charge in [0.15, 0.2) is 0 Å². The third kappa shape index (κ3) is 3.92. The molecule has 2 nitrogen and oxygen atoms in total. The summed E-state index contributed by atoms with van der Waals surface area (Å²) in [5, 5.41) is 0.667. The van der Waals surface area contributed by atoms with E-state index in [0.717, 1.165) is 11.1 Å². The fourth-order valence-electron chi connectivity index (χ4n) is 1.92. The number of halogens is 3. The topological polar surface area (TPSA) is 35.2 Å². The molecule has 0 radical (unpaired) electrons. The van der Waals surface area contributed by atoms with Crippen molar-refractivity contribution in [2.45, 2.75) is 19.1 Å². The Kier molecular flexibility index (Phi) is 4.93. The maximum Gasteiger partial charge on any atom is 0.387 e. The first-order chi connectivity index (χ1) is 9.56. The Hall–Kier alpha value is -1.65. The molecule has 0 aliphatic heterocycles. The number of ether oxygens (including phenoxy) is 1. The zero-order valence-electron chi connectivity index (χ0n) is 10.6. The van der Waals surface area contributed by atoms with Gasteiger partial charge in [0, 0.05) is 11.1 Å². The highest BCUT2D eigenvalue weighted by Gasteiger charge is 2.10. The Bertz CT molecular complexity index is 560. The predicted octanol–water partition coefficient (Wildman–Crippen LogP) is 4.18. The van der Waals surface area contributed by atoms with Gasteiger partial charge in [-0.05, 0) is 35.7 Å². The van der Waals surface area contributed by atoms with E-state index in [-0.39, 0.29) is 11.8 Å². The minimum absolute atomic E-state index is 0.119. The fraction of sp³-hybridized carbons (Fsp3) is 0.200. The van der Waals surface area contributed by atoms with Crippen LogP contribution in [-0.2, 0) is 6.42 Å². The molecule has 0 amide bonds. The van der Waals surface area contributed by atoms with Gasteiger partial charge in [-0.15, -0.1) is 0 Å². The molecular weight excluding hydrogens is 284 g/mol. The van der Waals surface area contributed by atoms with Crippen molar-refractivity contribution >= 4 is 11.6 Å². The van der Waals surface area contributed by atoms with Crippen LogP contribution in [0.2, 0.25) is 5.02 Å². The van der Waals surface area contributed by atoms with Crippen LogP contribution in [0.1, 0.15) is 17.2 Å². The SMILES string of the molecule is NC(Cc1ccccc1Cl)c1ccc(OC(F)F)cc1. The third-order valence-electron chi connectivity index (χ3n) is 2.93. The van der Waals surface area contributed by atoms with Crippen molar-refractivity contribution in [1.29, 1.82) is 0 Å². The molecule has 0 bridgehead atoms. The Balaban J connectivity index is 2.06. The molecule has 0 heterocycles. The average Bonchev–Trinajstić information content (AvgIpc) is 2.41. The minimum Gasteiger partial charge on any atom is -0.435 e. The van der Waals surface area contributed by atoms with Gasteiger partial charge in [-0.1, -0.05) is 41.9 Å². The van der Waals surface area contributed by atoms with Crippen LogP contribution >= 0.6 is 11.6 Å². The zero-order valence-corrected chi connectivity index (χ0v) is 11.4. The summed E-state index contributed by atoms with van der Waals surface area (Å²) in [7, 11) is 0. The van der Waals surface area contributed by atoms with E-state index in [9.17, 15) is 8.78 Å². The molecule has 20 heavy (non-hydrogen) atoms. The van der Waals surface area contributed by atoms with Crippen molar-refractivity contribution in [3.8, 4) is 5.75 Å². The summed E-state index contributed by atoms with van der Waals surface area (Å²) >= 11 is 6.08. The quantitative estimate of drug-likeness (QED) is 0.898. The van der Waals surface area contributed by atoms with Crippen molar-refractivity contribution in [3.05, 3.63) is 64.7 Å². The Morgan fingerprint density at radius 1 is 1.05 bits per heavy atom. The summed E-state index contributed by atoms with van der Waals surface area (Å²) < 4.78 is 28.4. The summed E-state index contributed by atoms with van der Waals surface area (Å²) in [5.74, 6) is 0.119. The van der Waals surface area contributed by atoms with Gasteiger partial charge < -0.3 is 10.5 Å². The molecule has 0 aromatic heterocycles. The van der Waals surface area contributed by atoms with Gasteiger partial charge in [0.25, 0.3) is 0 Å². The monoisotopic (exact) mass is 297 g/mol. The molecule has 0 aliphatic rings. The van der Waals surface area contributed by atoms with Crippen LogP contribution in [0.4, 0.5) is 8.78 Å². The van der Waals surface area contributed by atoms with Gasteiger partial charge in [-0.2, -0.15) is 8.78 Å². The Morgan fingerprint density at radius 2 is 1.70 bits per heavy atom. The van der Waals surface area contributed by atoms with Crippen molar-refractivity contribution in [1.82, 2.24) is 0 Å². The van der Waals surface area contributed by atoms with Crippen LogP contribution in [0.15, 0.2) is 48.5 Å². The summed E-state index contributed by atoms with van der Waals surface area (Å²) in [4.78, 5) is 0. The number of alkyl halides is 2. The van der Waals surface area contributed by atoms with Gasteiger partial charge in [0.05, 0.1) is 0 Å². The van der Waals surface area contributed by atoms with E-state index in [1.54, 1.807) is 12.1 Å². The van der Waals surface area contributed by atoms with E-state index in [4.69, 9.17) is 17.3 Å². The minimum atomic E-state index is -2.82. The molecular formula is C15H14ClF2NO. The molecule has 5 heteroatoms. The lowest BCUT2D eigenvalue weighted by Gasteiger charge is -2.14. The first-order valence-electron chi connectivity index (χ1n) is 6.10. The summed E-state index contributed by atoms with van der Waals surface area (Å²) in [5.41, 5.74) is 7.89. The van der Waals surface area contributed by atoms with Crippen molar-refractivity contribution < 1.29 is 13.5 Å². The number of rotatable bonds is 5. The second kappa shape index (κ2) is 6.68. The molecule has 0 spiro atoms. The highest BCUT2D eigenvalue weighted by Crippen LogP contribution is 2.23. The zero-order chi connectivity index (χ0) is 14.5. The predicted molar refractivity (Wildman–Crippen MR) is 75.2 cm³/mol. The highest BCUT2D eigenvalue weighted by molar-refractivity contribution is 6.31. The van der Waals surface area contributed by atoms with Crippen LogP contribution in [0.5, 0.6) is 5.75 Å². The van der Waals surface area contributed by atoms with Gasteiger partial charge in [0.1, 0.15) is 5.75 Å². The molecule has 2 N–H and O–H groups in total. The normalized spacial score (nSPS) is 12.4. The lowest BCUT2D eigenvalue weighted by atomic mass is 9.99. The van der Waals surface area contributed by atoms with Crippen LogP contribution in [0, 0.1) is 0 Å². The smallest absolute Gasteiger partial charge is 0.387 e. The van der Waals surface area contributed by atoms with Gasteiger partial charge in [-0.3, -0.25) is 0 Å². The summed E-state index contributed by atoms with van der Waals surface area (Å²) in [6.07, 6.45) is 0.578. The molecule has 106 valence electrons. The molecule has 2 aromatic rings. The third-order valence-corrected chi connectivity index (χ3v) is 3.30. The first-order valence-corrected chi connectivity index (χ1v) is 6.48. The highest BCUT2D eigenvalue weighted by atomic mass is 35.5. The lowest BCUT2D eigenvalue weighted by molar-refractivity contribution is -0.0498. The molecule has 0 fully saturated rings.